The van der Waals surface area contributed by atoms with Crippen molar-refractivity contribution >= 4 is 15.9 Å². The zero-order valence-corrected chi connectivity index (χ0v) is 10.7. The van der Waals surface area contributed by atoms with Gasteiger partial charge in [-0.25, -0.2) is 4.98 Å². The predicted octanol–water partition coefficient (Wildman–Crippen LogP) is 3.34. The molecule has 0 saturated carbocycles. The number of aromatic nitrogens is 2. The van der Waals surface area contributed by atoms with Gasteiger partial charge in [0.05, 0.1) is 11.9 Å². The second-order valence-corrected chi connectivity index (χ2v) is 4.24. The van der Waals surface area contributed by atoms with Crippen LogP contribution in [0.15, 0.2) is 39.9 Å². The molecule has 0 aliphatic heterocycles. The lowest BCUT2D eigenvalue weighted by Crippen LogP contribution is -2.10. The van der Waals surface area contributed by atoms with Gasteiger partial charge in [-0.15, -0.1) is 0 Å². The highest BCUT2D eigenvalue weighted by Crippen LogP contribution is 2.38. The van der Waals surface area contributed by atoms with Crippen LogP contribution in [0.25, 0.3) is 0 Å². The number of aromatic amines is 1. The molecule has 1 aromatic carbocycles. The van der Waals surface area contributed by atoms with Gasteiger partial charge < -0.3 is 9.72 Å². The summed E-state index contributed by atoms with van der Waals surface area (Å²) in [6.45, 7) is 0. The quantitative estimate of drug-likeness (QED) is 0.916. The molecule has 4 nitrogen and oxygen atoms in total. The summed E-state index contributed by atoms with van der Waals surface area (Å²) < 4.78 is 43.2. The van der Waals surface area contributed by atoms with E-state index in [-0.39, 0.29) is 10.4 Å². The first-order valence-electron chi connectivity index (χ1n) is 4.97. The molecule has 0 bridgehead atoms. The lowest BCUT2D eigenvalue weighted by molar-refractivity contribution is -0.138. The van der Waals surface area contributed by atoms with Crippen LogP contribution < -0.4 is 10.3 Å². The van der Waals surface area contributed by atoms with Gasteiger partial charge in [-0.3, -0.25) is 4.79 Å². The Kier molecular flexibility index (Phi) is 3.61. The van der Waals surface area contributed by atoms with Crippen molar-refractivity contribution < 1.29 is 17.9 Å². The number of benzene rings is 1. The normalized spacial score (nSPS) is 11.4. The fraction of sp³-hybridized carbons (Fsp3) is 0.0909. The monoisotopic (exact) mass is 334 g/mol. The summed E-state index contributed by atoms with van der Waals surface area (Å²) in [7, 11) is 0. The molecule has 2 rings (SSSR count). The van der Waals surface area contributed by atoms with E-state index in [9.17, 15) is 18.0 Å². The smallest absolute Gasteiger partial charge is 0.419 e. The minimum absolute atomic E-state index is 0.0769. The van der Waals surface area contributed by atoms with Crippen LogP contribution in [0.2, 0.25) is 0 Å². The Morgan fingerprint density at radius 1 is 1.26 bits per heavy atom. The van der Waals surface area contributed by atoms with Crippen molar-refractivity contribution in [2.75, 3.05) is 0 Å². The summed E-state index contributed by atoms with van der Waals surface area (Å²) in [6.07, 6.45) is -3.51. The highest BCUT2D eigenvalue weighted by Gasteiger charge is 2.34. The summed E-state index contributed by atoms with van der Waals surface area (Å²) in [6, 6.07) is 4.68. The molecule has 8 heteroatoms. The van der Waals surface area contributed by atoms with Gasteiger partial charge in [-0.2, -0.15) is 13.2 Å². The lowest BCUT2D eigenvalue weighted by Gasteiger charge is -2.12. The molecule has 0 saturated heterocycles. The van der Waals surface area contributed by atoms with E-state index in [1.807, 2.05) is 0 Å². The van der Waals surface area contributed by atoms with Gasteiger partial charge in [0, 0.05) is 0 Å². The molecule has 0 atom stereocenters. The maximum absolute atomic E-state index is 12.8. The number of hydrogen-bond acceptors (Lipinski definition) is 3. The Labute approximate surface area is 113 Å². The molecular formula is C11H6BrF3N2O2. The first-order chi connectivity index (χ1) is 8.89. The molecule has 19 heavy (non-hydrogen) atoms. The second kappa shape index (κ2) is 5.04. The molecule has 100 valence electrons. The largest absolute Gasteiger partial charge is 0.437 e. The molecule has 1 aromatic heterocycles. The van der Waals surface area contributed by atoms with Crippen molar-refractivity contribution in [3.8, 4) is 11.6 Å². The third-order valence-electron chi connectivity index (χ3n) is 2.16. The van der Waals surface area contributed by atoms with E-state index in [1.54, 1.807) is 0 Å². The number of alkyl halides is 3. The Hall–Kier alpha value is -1.83. The molecule has 0 fully saturated rings. The number of H-pyrrole nitrogens is 1. The molecule has 1 heterocycles. The molecule has 0 spiro atoms. The van der Waals surface area contributed by atoms with E-state index in [2.05, 4.69) is 25.9 Å². The highest BCUT2D eigenvalue weighted by atomic mass is 79.9. The summed E-state index contributed by atoms with van der Waals surface area (Å²) in [5.41, 5.74) is -1.49. The SMILES string of the molecule is O=c1[nH]cnc(Oc2ccccc2C(F)(F)F)c1Br. The van der Waals surface area contributed by atoms with Crippen LogP contribution in [0.4, 0.5) is 13.2 Å². The van der Waals surface area contributed by atoms with Gasteiger partial charge in [0.25, 0.3) is 5.56 Å². The van der Waals surface area contributed by atoms with Crippen LogP contribution >= 0.6 is 15.9 Å². The van der Waals surface area contributed by atoms with Gasteiger partial charge in [-0.05, 0) is 28.1 Å². The molecule has 0 aliphatic carbocycles. The number of ether oxygens (including phenoxy) is 1. The number of hydrogen-bond donors (Lipinski definition) is 1. The van der Waals surface area contributed by atoms with E-state index >= 15 is 0 Å². The van der Waals surface area contributed by atoms with Crippen molar-refractivity contribution in [1.82, 2.24) is 9.97 Å². The molecule has 2 aromatic rings. The van der Waals surface area contributed by atoms with Crippen LogP contribution in [0, 0.1) is 0 Å². The number of halogens is 4. The van der Waals surface area contributed by atoms with Crippen LogP contribution in [-0.2, 0) is 6.18 Å². The third kappa shape index (κ3) is 2.95. The first kappa shape index (κ1) is 13.6. The van der Waals surface area contributed by atoms with E-state index in [4.69, 9.17) is 4.74 Å². The Morgan fingerprint density at radius 3 is 2.63 bits per heavy atom. The summed E-state index contributed by atoms with van der Waals surface area (Å²) in [5.74, 6) is -0.658. The second-order valence-electron chi connectivity index (χ2n) is 3.45. The minimum Gasteiger partial charge on any atom is -0.437 e. The minimum atomic E-state index is -4.55. The van der Waals surface area contributed by atoms with Gasteiger partial charge in [0.15, 0.2) is 0 Å². The number of nitrogens with zero attached hydrogens (tertiary/aromatic N) is 1. The van der Waals surface area contributed by atoms with Crippen LogP contribution in [0.5, 0.6) is 11.6 Å². The zero-order chi connectivity index (χ0) is 14.0. The summed E-state index contributed by atoms with van der Waals surface area (Å²) in [5, 5.41) is 0. The average molecular weight is 335 g/mol. The van der Waals surface area contributed by atoms with Gasteiger partial charge in [0.2, 0.25) is 5.88 Å². The fourth-order valence-electron chi connectivity index (χ4n) is 1.33. The van der Waals surface area contributed by atoms with Crippen molar-refractivity contribution in [2.45, 2.75) is 6.18 Å². The van der Waals surface area contributed by atoms with Gasteiger partial charge in [0.1, 0.15) is 10.2 Å². The molecule has 0 amide bonds. The van der Waals surface area contributed by atoms with Crippen molar-refractivity contribution in [3.63, 3.8) is 0 Å². The van der Waals surface area contributed by atoms with Crippen LogP contribution in [0.1, 0.15) is 5.56 Å². The van der Waals surface area contributed by atoms with E-state index in [0.717, 1.165) is 18.5 Å². The fourth-order valence-corrected chi connectivity index (χ4v) is 1.63. The summed E-state index contributed by atoms with van der Waals surface area (Å²) >= 11 is 2.90. The van der Waals surface area contributed by atoms with Crippen molar-refractivity contribution in [2.24, 2.45) is 0 Å². The predicted molar refractivity (Wildman–Crippen MR) is 64.1 cm³/mol. The van der Waals surface area contributed by atoms with Crippen molar-refractivity contribution in [1.29, 1.82) is 0 Å². The Balaban J connectivity index is 2.45. The molecule has 0 radical (unpaired) electrons. The van der Waals surface area contributed by atoms with Crippen LogP contribution in [0.3, 0.4) is 0 Å². The highest BCUT2D eigenvalue weighted by molar-refractivity contribution is 9.10. The number of nitrogens with one attached hydrogen (secondary N) is 1. The molecule has 0 unspecified atom stereocenters. The Bertz CT molecular complexity index is 655. The van der Waals surface area contributed by atoms with Gasteiger partial charge in [-0.1, -0.05) is 12.1 Å². The topological polar surface area (TPSA) is 55.0 Å². The number of para-hydroxylation sites is 1. The molecule has 1 N–H and O–H groups in total. The van der Waals surface area contributed by atoms with E-state index in [1.165, 1.54) is 12.1 Å². The standard InChI is InChI=1S/C11H6BrF3N2O2/c12-8-9(18)16-5-17-10(8)19-7-4-2-1-3-6(7)11(13,14)15/h1-5H,(H,16,17,18). The van der Waals surface area contributed by atoms with Crippen molar-refractivity contribution in [3.05, 3.63) is 51.0 Å². The van der Waals surface area contributed by atoms with Gasteiger partial charge >= 0.3 is 6.18 Å². The molecular weight excluding hydrogens is 329 g/mol. The molecule has 0 aliphatic rings. The number of rotatable bonds is 2. The maximum atomic E-state index is 12.8. The zero-order valence-electron chi connectivity index (χ0n) is 9.16. The Morgan fingerprint density at radius 2 is 1.95 bits per heavy atom. The average Bonchev–Trinajstić information content (AvgIpc) is 2.34. The third-order valence-corrected chi connectivity index (χ3v) is 2.86. The lowest BCUT2D eigenvalue weighted by atomic mass is 10.2. The van der Waals surface area contributed by atoms with Crippen LogP contribution in [-0.4, -0.2) is 9.97 Å². The van der Waals surface area contributed by atoms with E-state index < -0.39 is 23.0 Å². The summed E-state index contributed by atoms with van der Waals surface area (Å²) in [4.78, 5) is 17.2. The van der Waals surface area contributed by atoms with E-state index in [0.29, 0.717) is 0 Å². The first-order valence-corrected chi connectivity index (χ1v) is 5.76. The maximum Gasteiger partial charge on any atom is 0.419 e.